The number of rotatable bonds is 5. The molecule has 1 fully saturated rings. The fraction of sp³-hybridized carbons (Fsp3) is 0.350. The van der Waals surface area contributed by atoms with Gasteiger partial charge in [-0.3, -0.25) is 0 Å². The summed E-state index contributed by atoms with van der Waals surface area (Å²) in [6, 6.07) is 16.7. The molecule has 0 radical (unpaired) electrons. The molecule has 0 aliphatic heterocycles. The first-order valence-electron chi connectivity index (χ1n) is 8.78. The lowest BCUT2D eigenvalue weighted by Gasteiger charge is -2.23. The van der Waals surface area contributed by atoms with Crippen LogP contribution in [0.15, 0.2) is 64.6 Å². The van der Waals surface area contributed by atoms with Crippen molar-refractivity contribution in [2.24, 2.45) is 11.0 Å². The average Bonchev–Trinajstić information content (AvgIpc) is 2.64. The van der Waals surface area contributed by atoms with Crippen LogP contribution in [0.2, 0.25) is 0 Å². The van der Waals surface area contributed by atoms with E-state index in [0.717, 1.165) is 29.7 Å². The zero-order chi connectivity index (χ0) is 17.7. The summed E-state index contributed by atoms with van der Waals surface area (Å²) in [5.41, 5.74) is 2.85. The average molecular weight is 356 g/mol. The molecule has 3 rings (SSSR count). The van der Waals surface area contributed by atoms with Gasteiger partial charge in [0.25, 0.3) is 10.0 Å². The molecule has 5 heteroatoms. The predicted octanol–water partition coefficient (Wildman–Crippen LogP) is 4.26. The Labute approximate surface area is 150 Å². The molecule has 2 aromatic carbocycles. The van der Waals surface area contributed by atoms with E-state index in [9.17, 15) is 8.42 Å². The van der Waals surface area contributed by atoms with Crippen molar-refractivity contribution < 1.29 is 8.42 Å². The van der Waals surface area contributed by atoms with Crippen molar-refractivity contribution in [2.75, 3.05) is 0 Å². The molecule has 0 saturated heterocycles. The maximum Gasteiger partial charge on any atom is 0.276 e. The van der Waals surface area contributed by atoms with Gasteiger partial charge in [-0.15, -0.1) is 0 Å². The van der Waals surface area contributed by atoms with Gasteiger partial charge in [0.2, 0.25) is 0 Å². The Balaban J connectivity index is 1.88. The van der Waals surface area contributed by atoms with Gasteiger partial charge in [0.1, 0.15) is 0 Å². The van der Waals surface area contributed by atoms with Crippen molar-refractivity contribution >= 4 is 15.7 Å². The molecular formula is C20H24N2O2S. The quantitative estimate of drug-likeness (QED) is 0.643. The summed E-state index contributed by atoms with van der Waals surface area (Å²) >= 11 is 0. The van der Waals surface area contributed by atoms with Crippen molar-refractivity contribution in [3.05, 3.63) is 65.7 Å². The summed E-state index contributed by atoms with van der Waals surface area (Å²) in [6.45, 7) is 1.93. The van der Waals surface area contributed by atoms with Gasteiger partial charge < -0.3 is 0 Å². The Morgan fingerprint density at radius 3 is 2.24 bits per heavy atom. The molecule has 0 amide bonds. The number of nitrogens with zero attached hydrogens (tertiary/aromatic N) is 1. The van der Waals surface area contributed by atoms with Gasteiger partial charge >= 0.3 is 0 Å². The molecule has 25 heavy (non-hydrogen) atoms. The van der Waals surface area contributed by atoms with Crippen molar-refractivity contribution in [1.29, 1.82) is 0 Å². The summed E-state index contributed by atoms with van der Waals surface area (Å²) < 4.78 is 25.1. The SMILES string of the molecule is Cc1ccc(S(=O)(=O)NN=C(c2ccccc2)C2CCCCC2)cc1. The highest BCUT2D eigenvalue weighted by atomic mass is 32.2. The highest BCUT2D eigenvalue weighted by molar-refractivity contribution is 7.89. The molecule has 1 aliphatic carbocycles. The first kappa shape index (κ1) is 17.7. The number of hydrazone groups is 1. The first-order valence-corrected chi connectivity index (χ1v) is 10.3. The zero-order valence-corrected chi connectivity index (χ0v) is 15.3. The maximum absolute atomic E-state index is 12.5. The molecule has 0 aromatic heterocycles. The van der Waals surface area contributed by atoms with Gasteiger partial charge in [0, 0.05) is 5.92 Å². The van der Waals surface area contributed by atoms with Gasteiger partial charge in [0.05, 0.1) is 10.6 Å². The van der Waals surface area contributed by atoms with E-state index in [4.69, 9.17) is 0 Å². The summed E-state index contributed by atoms with van der Waals surface area (Å²) in [5, 5.41) is 4.37. The van der Waals surface area contributed by atoms with Crippen LogP contribution in [0.4, 0.5) is 0 Å². The van der Waals surface area contributed by atoms with Crippen molar-refractivity contribution in [3.63, 3.8) is 0 Å². The number of benzene rings is 2. The van der Waals surface area contributed by atoms with Crippen LogP contribution >= 0.6 is 0 Å². The topological polar surface area (TPSA) is 58.5 Å². The second-order valence-corrected chi connectivity index (χ2v) is 8.27. The fourth-order valence-electron chi connectivity index (χ4n) is 3.26. The normalized spacial score (nSPS) is 16.6. The molecule has 1 aliphatic rings. The second kappa shape index (κ2) is 7.83. The third-order valence-electron chi connectivity index (χ3n) is 4.68. The van der Waals surface area contributed by atoms with E-state index >= 15 is 0 Å². The number of hydrogen-bond donors (Lipinski definition) is 1. The number of nitrogens with one attached hydrogen (secondary N) is 1. The van der Waals surface area contributed by atoms with Crippen molar-refractivity contribution in [1.82, 2.24) is 4.83 Å². The van der Waals surface area contributed by atoms with Crippen LogP contribution in [0.5, 0.6) is 0 Å². The number of hydrogen-bond acceptors (Lipinski definition) is 3. The third-order valence-corrected chi connectivity index (χ3v) is 5.90. The van der Waals surface area contributed by atoms with Gasteiger partial charge in [-0.05, 0) is 37.5 Å². The first-order chi connectivity index (χ1) is 12.1. The highest BCUT2D eigenvalue weighted by Crippen LogP contribution is 2.27. The Bertz CT molecular complexity index is 822. The maximum atomic E-state index is 12.5. The van der Waals surface area contributed by atoms with Gasteiger partial charge in [-0.1, -0.05) is 67.3 Å². The summed E-state index contributed by atoms with van der Waals surface area (Å²) in [5.74, 6) is 0.303. The van der Waals surface area contributed by atoms with E-state index in [1.165, 1.54) is 19.3 Å². The Morgan fingerprint density at radius 2 is 1.60 bits per heavy atom. The highest BCUT2D eigenvalue weighted by Gasteiger charge is 2.22. The third kappa shape index (κ3) is 4.48. The molecule has 0 unspecified atom stereocenters. The Hall–Kier alpha value is -2.14. The van der Waals surface area contributed by atoms with E-state index in [-0.39, 0.29) is 4.90 Å². The molecule has 0 spiro atoms. The minimum atomic E-state index is -3.66. The molecule has 2 aromatic rings. The lowest BCUT2D eigenvalue weighted by atomic mass is 9.83. The number of sulfonamides is 1. The standard InChI is InChI=1S/C20H24N2O2S/c1-16-12-14-19(15-13-16)25(23,24)22-21-20(17-8-4-2-5-9-17)18-10-6-3-7-11-18/h2,4-5,8-9,12-15,18,22H,3,6-7,10-11H2,1H3. The van der Waals surface area contributed by atoms with Crippen LogP contribution in [0, 0.1) is 12.8 Å². The molecule has 1 N–H and O–H groups in total. The van der Waals surface area contributed by atoms with Crippen LogP contribution in [-0.4, -0.2) is 14.1 Å². The molecule has 0 atom stereocenters. The predicted molar refractivity (Wildman–Crippen MR) is 101 cm³/mol. The van der Waals surface area contributed by atoms with Crippen molar-refractivity contribution in [3.8, 4) is 0 Å². The zero-order valence-electron chi connectivity index (χ0n) is 14.5. The van der Waals surface area contributed by atoms with Crippen LogP contribution in [0.3, 0.4) is 0 Å². The van der Waals surface area contributed by atoms with Crippen LogP contribution < -0.4 is 4.83 Å². The molecular weight excluding hydrogens is 332 g/mol. The fourth-order valence-corrected chi connectivity index (χ4v) is 4.07. The summed E-state index contributed by atoms with van der Waals surface area (Å²) in [7, 11) is -3.66. The minimum Gasteiger partial charge on any atom is -0.200 e. The minimum absolute atomic E-state index is 0.234. The van der Waals surface area contributed by atoms with E-state index < -0.39 is 10.0 Å². The monoisotopic (exact) mass is 356 g/mol. The molecule has 1 saturated carbocycles. The number of aryl methyl sites for hydroxylation is 1. The van der Waals surface area contributed by atoms with E-state index in [0.29, 0.717) is 5.92 Å². The molecule has 132 valence electrons. The van der Waals surface area contributed by atoms with Gasteiger partial charge in [-0.2, -0.15) is 18.4 Å². The molecule has 0 bridgehead atoms. The molecule has 4 nitrogen and oxygen atoms in total. The summed E-state index contributed by atoms with van der Waals surface area (Å²) in [6.07, 6.45) is 5.69. The summed E-state index contributed by atoms with van der Waals surface area (Å²) in [4.78, 5) is 2.68. The second-order valence-electron chi connectivity index (χ2n) is 6.61. The van der Waals surface area contributed by atoms with E-state index in [1.807, 2.05) is 37.3 Å². The van der Waals surface area contributed by atoms with Gasteiger partial charge in [-0.25, -0.2) is 0 Å². The largest absolute Gasteiger partial charge is 0.276 e. The lowest BCUT2D eigenvalue weighted by molar-refractivity contribution is 0.438. The van der Waals surface area contributed by atoms with E-state index in [1.54, 1.807) is 24.3 Å². The Morgan fingerprint density at radius 1 is 0.960 bits per heavy atom. The van der Waals surface area contributed by atoms with Crippen LogP contribution in [0.1, 0.15) is 43.2 Å². The molecule has 0 heterocycles. The Kier molecular flexibility index (Phi) is 5.53. The van der Waals surface area contributed by atoms with E-state index in [2.05, 4.69) is 9.93 Å². The lowest BCUT2D eigenvalue weighted by Crippen LogP contribution is -2.25. The smallest absolute Gasteiger partial charge is 0.200 e. The van der Waals surface area contributed by atoms with Crippen LogP contribution in [-0.2, 0) is 10.0 Å². The van der Waals surface area contributed by atoms with Gasteiger partial charge in [0.15, 0.2) is 0 Å². The van der Waals surface area contributed by atoms with Crippen molar-refractivity contribution in [2.45, 2.75) is 43.9 Å². The van der Waals surface area contributed by atoms with Crippen LogP contribution in [0.25, 0.3) is 0 Å².